The molecule has 0 aliphatic carbocycles. The fourth-order valence-electron chi connectivity index (χ4n) is 2.86. The van der Waals surface area contributed by atoms with Gasteiger partial charge in [0.25, 0.3) is 21.7 Å². The average molecular weight is 402 g/mol. The molecule has 0 aliphatic heterocycles. The number of rotatable bonds is 4. The molecular weight excluding hydrogens is 388 g/mol. The van der Waals surface area contributed by atoms with Gasteiger partial charge in [-0.25, -0.2) is 0 Å². The van der Waals surface area contributed by atoms with Gasteiger partial charge in [0.05, 0.1) is 10.6 Å². The molecule has 0 atom stereocenters. The van der Waals surface area contributed by atoms with Crippen LogP contribution in [0, 0.1) is 17.0 Å². The highest BCUT2D eigenvalue weighted by Crippen LogP contribution is 2.36. The summed E-state index contributed by atoms with van der Waals surface area (Å²) in [7, 11) is -4.58. The number of carbonyl (C=O) groups excluding carboxylic acids is 1. The Morgan fingerprint density at radius 2 is 1.86 bits per heavy atom. The number of hydrogen-bond donors (Lipinski definition) is 3. The summed E-state index contributed by atoms with van der Waals surface area (Å²) < 4.78 is 32.5. The predicted octanol–water partition coefficient (Wildman–Crippen LogP) is 3.26. The van der Waals surface area contributed by atoms with Crippen LogP contribution in [0.1, 0.15) is 15.9 Å². The van der Waals surface area contributed by atoms with Crippen molar-refractivity contribution in [3.05, 3.63) is 69.8 Å². The van der Waals surface area contributed by atoms with E-state index in [1.807, 2.05) is 0 Å². The Morgan fingerprint density at radius 3 is 2.50 bits per heavy atom. The van der Waals surface area contributed by atoms with Gasteiger partial charge in [0, 0.05) is 16.8 Å². The van der Waals surface area contributed by atoms with Crippen LogP contribution in [0.2, 0.25) is 0 Å². The number of amides is 1. The first-order chi connectivity index (χ1) is 13.1. The summed E-state index contributed by atoms with van der Waals surface area (Å²) >= 11 is 0. The van der Waals surface area contributed by atoms with Gasteiger partial charge in [-0.3, -0.25) is 19.5 Å². The largest absolute Gasteiger partial charge is 0.507 e. The molecule has 3 aromatic rings. The molecule has 1 amide bonds. The molecule has 0 bridgehead atoms. The van der Waals surface area contributed by atoms with Crippen LogP contribution in [0.15, 0.2) is 53.4 Å². The van der Waals surface area contributed by atoms with E-state index in [0.717, 1.165) is 12.1 Å². The molecule has 0 unspecified atom stereocenters. The molecule has 0 spiro atoms. The van der Waals surface area contributed by atoms with Gasteiger partial charge in [0.2, 0.25) is 0 Å². The number of fused-ring (bicyclic) bond motifs is 1. The Bertz CT molecular complexity index is 1240. The van der Waals surface area contributed by atoms with E-state index in [0.29, 0.717) is 5.56 Å². The molecule has 0 saturated carbocycles. The predicted molar refractivity (Wildman–Crippen MR) is 101 cm³/mol. The van der Waals surface area contributed by atoms with Crippen LogP contribution in [-0.2, 0) is 10.1 Å². The molecule has 3 aromatic carbocycles. The van der Waals surface area contributed by atoms with E-state index in [1.165, 1.54) is 30.3 Å². The summed E-state index contributed by atoms with van der Waals surface area (Å²) in [6, 6.07) is 10.4. The maximum Gasteiger partial charge on any atom is 0.295 e. The van der Waals surface area contributed by atoms with Crippen molar-refractivity contribution in [3.63, 3.8) is 0 Å². The SMILES string of the molecule is Cc1ccc(C(=O)Nc2cccc3c(S(=O)(=O)O)ccc(O)c23)c([N+](=O)[O-])c1. The number of aryl methyl sites for hydroxylation is 1. The lowest BCUT2D eigenvalue weighted by Crippen LogP contribution is -2.14. The highest BCUT2D eigenvalue weighted by atomic mass is 32.2. The van der Waals surface area contributed by atoms with Gasteiger partial charge in [0.1, 0.15) is 16.2 Å². The Hall–Kier alpha value is -3.50. The number of benzene rings is 3. The van der Waals surface area contributed by atoms with Crippen LogP contribution >= 0.6 is 0 Å². The van der Waals surface area contributed by atoms with Crippen molar-refractivity contribution in [1.29, 1.82) is 0 Å². The normalized spacial score (nSPS) is 11.4. The molecule has 144 valence electrons. The fraction of sp³-hybridized carbons (Fsp3) is 0.0556. The van der Waals surface area contributed by atoms with Gasteiger partial charge in [-0.05, 0) is 36.8 Å². The summed E-state index contributed by atoms with van der Waals surface area (Å²) in [6.07, 6.45) is 0. The molecule has 0 aromatic heterocycles. The summed E-state index contributed by atoms with van der Waals surface area (Å²) in [5.74, 6) is -1.15. The maximum absolute atomic E-state index is 12.6. The molecule has 0 aliphatic rings. The molecule has 28 heavy (non-hydrogen) atoms. The van der Waals surface area contributed by atoms with Crippen LogP contribution < -0.4 is 5.32 Å². The Kier molecular flexibility index (Phi) is 4.75. The second kappa shape index (κ2) is 6.91. The maximum atomic E-state index is 12.6. The highest BCUT2D eigenvalue weighted by molar-refractivity contribution is 7.86. The third kappa shape index (κ3) is 3.50. The summed E-state index contributed by atoms with van der Waals surface area (Å²) in [6.45, 7) is 1.65. The quantitative estimate of drug-likeness (QED) is 0.345. The zero-order valence-electron chi connectivity index (χ0n) is 14.4. The zero-order valence-corrected chi connectivity index (χ0v) is 15.2. The first kappa shape index (κ1) is 19.3. The van der Waals surface area contributed by atoms with Crippen molar-refractivity contribution >= 4 is 38.2 Å². The number of nitrogens with one attached hydrogen (secondary N) is 1. The Labute approximate surface area is 159 Å². The Morgan fingerprint density at radius 1 is 1.14 bits per heavy atom. The van der Waals surface area contributed by atoms with Crippen molar-refractivity contribution in [3.8, 4) is 5.75 Å². The second-order valence-electron chi connectivity index (χ2n) is 6.02. The van der Waals surface area contributed by atoms with Gasteiger partial charge in [-0.1, -0.05) is 18.2 Å². The van der Waals surface area contributed by atoms with Crippen molar-refractivity contribution < 1.29 is 27.8 Å². The van der Waals surface area contributed by atoms with Crippen molar-refractivity contribution in [2.45, 2.75) is 11.8 Å². The van der Waals surface area contributed by atoms with E-state index < -0.39 is 25.8 Å². The lowest BCUT2D eigenvalue weighted by atomic mass is 10.1. The minimum atomic E-state index is -4.58. The van der Waals surface area contributed by atoms with Gasteiger partial charge < -0.3 is 10.4 Å². The molecule has 3 rings (SSSR count). The monoisotopic (exact) mass is 402 g/mol. The van der Waals surface area contributed by atoms with E-state index >= 15 is 0 Å². The van der Waals surface area contributed by atoms with Gasteiger partial charge in [0.15, 0.2) is 0 Å². The number of carbonyl (C=O) groups is 1. The molecule has 0 saturated heterocycles. The molecule has 3 N–H and O–H groups in total. The Balaban J connectivity index is 2.14. The number of nitro groups is 1. The van der Waals surface area contributed by atoms with Crippen LogP contribution in [-0.4, -0.2) is 28.9 Å². The van der Waals surface area contributed by atoms with Crippen LogP contribution in [0.3, 0.4) is 0 Å². The molecule has 0 radical (unpaired) electrons. The summed E-state index contributed by atoms with van der Waals surface area (Å²) in [4.78, 5) is 22.7. The van der Waals surface area contributed by atoms with Crippen molar-refractivity contribution in [2.24, 2.45) is 0 Å². The molecule has 0 fully saturated rings. The van der Waals surface area contributed by atoms with Crippen LogP contribution in [0.25, 0.3) is 10.8 Å². The van der Waals surface area contributed by atoms with E-state index in [-0.39, 0.29) is 33.5 Å². The van der Waals surface area contributed by atoms with E-state index in [4.69, 9.17) is 0 Å². The van der Waals surface area contributed by atoms with E-state index in [1.54, 1.807) is 13.0 Å². The smallest absolute Gasteiger partial charge is 0.295 e. The third-order valence-electron chi connectivity index (χ3n) is 4.10. The lowest BCUT2D eigenvalue weighted by molar-refractivity contribution is -0.385. The van der Waals surface area contributed by atoms with Crippen molar-refractivity contribution in [2.75, 3.05) is 5.32 Å². The number of phenolic OH excluding ortho intramolecular Hbond substituents is 1. The molecular formula is C18H14N2O7S. The van der Waals surface area contributed by atoms with E-state index in [9.17, 15) is 33.0 Å². The minimum Gasteiger partial charge on any atom is -0.507 e. The number of nitro benzene ring substituents is 1. The standard InChI is InChI=1S/C18H14N2O7S/c1-10-5-6-11(14(9-10)20(23)24)18(22)19-13-4-2-3-12-16(28(25,26)27)8-7-15(21)17(12)13/h2-9,21H,1H3,(H,19,22)(H,25,26,27). The number of phenols is 1. The topological polar surface area (TPSA) is 147 Å². The number of nitrogens with zero attached hydrogens (tertiary/aromatic N) is 1. The summed E-state index contributed by atoms with van der Waals surface area (Å²) in [5.41, 5.74) is 0.0443. The third-order valence-corrected chi connectivity index (χ3v) is 5.01. The van der Waals surface area contributed by atoms with Crippen molar-refractivity contribution in [1.82, 2.24) is 0 Å². The molecule has 9 nitrogen and oxygen atoms in total. The molecule has 10 heteroatoms. The summed E-state index contributed by atoms with van der Waals surface area (Å²) in [5, 5.41) is 23.8. The molecule has 0 heterocycles. The number of aromatic hydroxyl groups is 1. The lowest BCUT2D eigenvalue weighted by Gasteiger charge is -2.12. The second-order valence-corrected chi connectivity index (χ2v) is 7.41. The number of anilines is 1. The minimum absolute atomic E-state index is 0.0151. The number of hydrogen-bond acceptors (Lipinski definition) is 6. The first-order valence-electron chi connectivity index (χ1n) is 7.88. The van der Waals surface area contributed by atoms with Crippen LogP contribution in [0.4, 0.5) is 11.4 Å². The van der Waals surface area contributed by atoms with Crippen LogP contribution in [0.5, 0.6) is 5.75 Å². The van der Waals surface area contributed by atoms with Gasteiger partial charge in [-0.2, -0.15) is 8.42 Å². The van der Waals surface area contributed by atoms with E-state index in [2.05, 4.69) is 5.32 Å². The average Bonchev–Trinajstić information content (AvgIpc) is 2.60. The first-order valence-corrected chi connectivity index (χ1v) is 9.32. The fourth-order valence-corrected chi connectivity index (χ4v) is 3.55. The van der Waals surface area contributed by atoms with Gasteiger partial charge in [-0.15, -0.1) is 0 Å². The zero-order chi connectivity index (χ0) is 20.6. The van der Waals surface area contributed by atoms with Gasteiger partial charge >= 0.3 is 0 Å². The highest BCUT2D eigenvalue weighted by Gasteiger charge is 2.22.